The fraction of sp³-hybridized carbons (Fsp3) is 0.500. The first-order chi connectivity index (χ1) is 7.99. The number of nitrogens with zero attached hydrogens (tertiary/aromatic N) is 2. The molecule has 17 heavy (non-hydrogen) atoms. The molecule has 0 aliphatic heterocycles. The van der Waals surface area contributed by atoms with Gasteiger partial charge in [-0.25, -0.2) is 0 Å². The zero-order valence-corrected chi connectivity index (χ0v) is 10.5. The molecule has 7 heteroatoms. The lowest BCUT2D eigenvalue weighted by Gasteiger charge is -2.14. The van der Waals surface area contributed by atoms with Gasteiger partial charge in [0.15, 0.2) is 0 Å². The van der Waals surface area contributed by atoms with Gasteiger partial charge in [0, 0.05) is 13.1 Å². The number of carboxylic acids is 1. The van der Waals surface area contributed by atoms with Crippen LogP contribution < -0.4 is 0 Å². The zero-order chi connectivity index (χ0) is 12.8. The van der Waals surface area contributed by atoms with Gasteiger partial charge in [0.05, 0.1) is 18.1 Å². The summed E-state index contributed by atoms with van der Waals surface area (Å²) in [6.07, 6.45) is 0. The van der Waals surface area contributed by atoms with Gasteiger partial charge in [0.1, 0.15) is 11.5 Å². The SMILES string of the molecule is Cc1cc(CN(C)C(=O)CSCC(=O)O)no1. The lowest BCUT2D eigenvalue weighted by molar-refractivity contribution is -0.133. The highest BCUT2D eigenvalue weighted by atomic mass is 32.2. The number of rotatable bonds is 6. The van der Waals surface area contributed by atoms with Crippen molar-refractivity contribution in [2.45, 2.75) is 13.5 Å². The van der Waals surface area contributed by atoms with Crippen LogP contribution in [0.2, 0.25) is 0 Å². The van der Waals surface area contributed by atoms with Crippen LogP contribution in [0.25, 0.3) is 0 Å². The first-order valence-electron chi connectivity index (χ1n) is 4.94. The highest BCUT2D eigenvalue weighted by molar-refractivity contribution is 8.00. The van der Waals surface area contributed by atoms with Crippen molar-refractivity contribution in [1.29, 1.82) is 0 Å². The first kappa shape index (κ1) is 13.6. The molecule has 0 spiro atoms. The molecule has 0 radical (unpaired) electrons. The van der Waals surface area contributed by atoms with E-state index in [1.807, 2.05) is 0 Å². The van der Waals surface area contributed by atoms with Crippen LogP contribution in [0, 0.1) is 6.92 Å². The molecule has 0 fully saturated rings. The van der Waals surface area contributed by atoms with Crippen molar-refractivity contribution in [2.24, 2.45) is 0 Å². The highest BCUT2D eigenvalue weighted by Gasteiger charge is 2.12. The molecule has 1 rings (SSSR count). The molecule has 0 aliphatic rings. The largest absolute Gasteiger partial charge is 0.481 e. The normalized spacial score (nSPS) is 10.2. The minimum Gasteiger partial charge on any atom is -0.481 e. The molecule has 0 unspecified atom stereocenters. The van der Waals surface area contributed by atoms with E-state index in [2.05, 4.69) is 5.16 Å². The van der Waals surface area contributed by atoms with Crippen LogP contribution in [0.1, 0.15) is 11.5 Å². The lowest BCUT2D eigenvalue weighted by Crippen LogP contribution is -2.28. The number of aryl methyl sites for hydroxylation is 1. The quantitative estimate of drug-likeness (QED) is 0.811. The van der Waals surface area contributed by atoms with Gasteiger partial charge in [-0.2, -0.15) is 0 Å². The Kier molecular flexibility index (Phi) is 5.02. The van der Waals surface area contributed by atoms with Crippen LogP contribution >= 0.6 is 11.8 Å². The highest BCUT2D eigenvalue weighted by Crippen LogP contribution is 2.07. The second kappa shape index (κ2) is 6.29. The molecular weight excluding hydrogens is 244 g/mol. The van der Waals surface area contributed by atoms with Gasteiger partial charge >= 0.3 is 5.97 Å². The Hall–Kier alpha value is -1.50. The second-order valence-corrected chi connectivity index (χ2v) is 4.55. The summed E-state index contributed by atoms with van der Waals surface area (Å²) in [5, 5.41) is 12.2. The Labute approximate surface area is 103 Å². The van der Waals surface area contributed by atoms with Crippen molar-refractivity contribution in [3.05, 3.63) is 17.5 Å². The Morgan fingerprint density at radius 3 is 2.76 bits per heavy atom. The van der Waals surface area contributed by atoms with Gasteiger partial charge in [0.2, 0.25) is 5.91 Å². The third-order valence-corrected chi connectivity index (χ3v) is 2.85. The maximum atomic E-state index is 11.6. The van der Waals surface area contributed by atoms with E-state index >= 15 is 0 Å². The number of hydrogen-bond donors (Lipinski definition) is 1. The maximum Gasteiger partial charge on any atom is 0.313 e. The summed E-state index contributed by atoms with van der Waals surface area (Å²) in [7, 11) is 1.65. The smallest absolute Gasteiger partial charge is 0.313 e. The minimum atomic E-state index is -0.919. The molecule has 0 atom stereocenters. The molecule has 0 aromatic carbocycles. The number of carboxylic acid groups (broad SMARTS) is 1. The number of aliphatic carboxylic acids is 1. The van der Waals surface area contributed by atoms with Gasteiger partial charge < -0.3 is 14.5 Å². The van der Waals surface area contributed by atoms with E-state index in [0.717, 1.165) is 11.8 Å². The van der Waals surface area contributed by atoms with Crippen LogP contribution in [0.5, 0.6) is 0 Å². The number of amides is 1. The van der Waals surface area contributed by atoms with Crippen LogP contribution in [-0.4, -0.2) is 45.6 Å². The molecule has 1 aromatic rings. The lowest BCUT2D eigenvalue weighted by atomic mass is 10.3. The molecule has 1 aromatic heterocycles. The number of hydrogen-bond acceptors (Lipinski definition) is 5. The molecule has 1 heterocycles. The molecule has 94 valence electrons. The number of aromatic nitrogens is 1. The molecule has 1 amide bonds. The number of carbonyl (C=O) groups is 2. The van der Waals surface area contributed by atoms with Crippen molar-refractivity contribution in [2.75, 3.05) is 18.6 Å². The number of carbonyl (C=O) groups excluding carboxylic acids is 1. The summed E-state index contributed by atoms with van der Waals surface area (Å²) in [6.45, 7) is 2.14. The van der Waals surface area contributed by atoms with Gasteiger partial charge in [0.25, 0.3) is 0 Å². The summed E-state index contributed by atoms with van der Waals surface area (Å²) in [4.78, 5) is 23.4. The summed E-state index contributed by atoms with van der Waals surface area (Å²) in [5.41, 5.74) is 0.682. The van der Waals surface area contributed by atoms with E-state index in [0.29, 0.717) is 18.0 Å². The van der Waals surface area contributed by atoms with Gasteiger partial charge in [-0.05, 0) is 6.92 Å². The Balaban J connectivity index is 2.34. The fourth-order valence-electron chi connectivity index (χ4n) is 1.16. The molecule has 6 nitrogen and oxygen atoms in total. The number of thioether (sulfide) groups is 1. The molecule has 1 N–H and O–H groups in total. The van der Waals surface area contributed by atoms with Crippen molar-refractivity contribution in [3.8, 4) is 0 Å². The molecular formula is C10H14N2O4S. The maximum absolute atomic E-state index is 11.6. The minimum absolute atomic E-state index is 0.0668. The Morgan fingerprint density at radius 2 is 2.24 bits per heavy atom. The monoisotopic (exact) mass is 258 g/mol. The van der Waals surface area contributed by atoms with E-state index in [-0.39, 0.29) is 17.4 Å². The van der Waals surface area contributed by atoms with Gasteiger partial charge in [-0.1, -0.05) is 5.16 Å². The van der Waals surface area contributed by atoms with E-state index in [1.165, 1.54) is 4.90 Å². The summed E-state index contributed by atoms with van der Waals surface area (Å²) in [5.74, 6) is -0.266. The standard InChI is InChI=1S/C10H14N2O4S/c1-7-3-8(11-16-7)4-12(2)9(13)5-17-6-10(14)15/h3H,4-6H2,1-2H3,(H,14,15). The molecule has 0 aliphatic carbocycles. The van der Waals surface area contributed by atoms with Gasteiger partial charge in [-0.3, -0.25) is 9.59 Å². The van der Waals surface area contributed by atoms with Crippen LogP contribution in [0.4, 0.5) is 0 Å². The second-order valence-electron chi connectivity index (χ2n) is 3.57. The van der Waals surface area contributed by atoms with E-state index in [1.54, 1.807) is 20.0 Å². The Bertz CT molecular complexity index is 405. The zero-order valence-electron chi connectivity index (χ0n) is 9.67. The predicted octanol–water partition coefficient (Wildman–Crippen LogP) is 0.759. The summed E-state index contributed by atoms with van der Waals surface area (Å²) in [6, 6.07) is 1.76. The average Bonchev–Trinajstić information content (AvgIpc) is 2.63. The van der Waals surface area contributed by atoms with E-state index in [4.69, 9.17) is 9.63 Å². The predicted molar refractivity (Wildman–Crippen MR) is 62.7 cm³/mol. The topological polar surface area (TPSA) is 83.6 Å². The van der Waals surface area contributed by atoms with Crippen molar-refractivity contribution >= 4 is 23.6 Å². The average molecular weight is 258 g/mol. The third-order valence-electron chi connectivity index (χ3n) is 1.95. The van der Waals surface area contributed by atoms with Crippen LogP contribution in [0.15, 0.2) is 10.6 Å². The van der Waals surface area contributed by atoms with Crippen LogP contribution in [0.3, 0.4) is 0 Å². The van der Waals surface area contributed by atoms with E-state index in [9.17, 15) is 9.59 Å². The summed E-state index contributed by atoms with van der Waals surface area (Å²) >= 11 is 1.08. The van der Waals surface area contributed by atoms with Gasteiger partial charge in [-0.15, -0.1) is 11.8 Å². The van der Waals surface area contributed by atoms with Crippen molar-refractivity contribution < 1.29 is 19.2 Å². The molecule has 0 saturated heterocycles. The van der Waals surface area contributed by atoms with Crippen LogP contribution in [-0.2, 0) is 16.1 Å². The Morgan fingerprint density at radius 1 is 1.53 bits per heavy atom. The van der Waals surface area contributed by atoms with E-state index < -0.39 is 5.97 Å². The van der Waals surface area contributed by atoms with Crippen molar-refractivity contribution in [1.82, 2.24) is 10.1 Å². The first-order valence-corrected chi connectivity index (χ1v) is 6.10. The third kappa shape index (κ3) is 4.90. The van der Waals surface area contributed by atoms with Crippen molar-refractivity contribution in [3.63, 3.8) is 0 Å². The molecule has 0 bridgehead atoms. The molecule has 0 saturated carbocycles. The summed E-state index contributed by atoms with van der Waals surface area (Å²) < 4.78 is 4.89. The fourth-order valence-corrected chi connectivity index (χ4v) is 1.83.